The van der Waals surface area contributed by atoms with Crippen molar-refractivity contribution >= 4 is 17.3 Å². The molecule has 2 aromatic heterocycles. The molecule has 0 aromatic carbocycles. The summed E-state index contributed by atoms with van der Waals surface area (Å²) in [4.78, 5) is 5.96. The second-order valence-electron chi connectivity index (χ2n) is 5.04. The van der Waals surface area contributed by atoms with Gasteiger partial charge in [-0.15, -0.1) is 11.3 Å². The van der Waals surface area contributed by atoms with Gasteiger partial charge in [0.2, 0.25) is 0 Å². The molecule has 2 aromatic rings. The molecule has 1 unspecified atom stereocenters. The number of thiophene rings is 1. The van der Waals surface area contributed by atoms with Crippen molar-refractivity contribution in [3.05, 3.63) is 46.5 Å². The van der Waals surface area contributed by atoms with Crippen molar-refractivity contribution < 1.29 is 4.42 Å². The zero-order valence-corrected chi connectivity index (χ0v) is 13.5. The van der Waals surface area contributed by atoms with Crippen molar-refractivity contribution in [3.63, 3.8) is 0 Å². The first kappa shape index (κ1) is 15.6. The van der Waals surface area contributed by atoms with Gasteiger partial charge in [-0.25, -0.2) is 4.99 Å². The van der Waals surface area contributed by atoms with Crippen molar-refractivity contribution in [3.8, 4) is 0 Å². The number of aliphatic imine (C=N–C) groups is 1. The maximum atomic E-state index is 5.30. The Balaban J connectivity index is 1.80. The number of hydrogen-bond acceptors (Lipinski definition) is 3. The molecule has 0 saturated heterocycles. The van der Waals surface area contributed by atoms with E-state index in [1.165, 1.54) is 4.88 Å². The summed E-state index contributed by atoms with van der Waals surface area (Å²) in [5.74, 6) is 2.28. The molecular formula is C16H23N3OS. The Labute approximate surface area is 130 Å². The minimum Gasteiger partial charge on any atom is -0.467 e. The van der Waals surface area contributed by atoms with Crippen LogP contribution in [0, 0.1) is 5.92 Å². The predicted octanol–water partition coefficient (Wildman–Crippen LogP) is 3.28. The SMILES string of the molecule is CCNC(=NCc1ccco1)NCC(C)Cc1cccs1. The van der Waals surface area contributed by atoms with E-state index < -0.39 is 0 Å². The molecule has 4 nitrogen and oxygen atoms in total. The highest BCUT2D eigenvalue weighted by Gasteiger charge is 2.06. The summed E-state index contributed by atoms with van der Waals surface area (Å²) in [6, 6.07) is 8.12. The van der Waals surface area contributed by atoms with Gasteiger partial charge in [-0.3, -0.25) is 0 Å². The van der Waals surface area contributed by atoms with Crippen LogP contribution in [0.15, 0.2) is 45.3 Å². The summed E-state index contributed by atoms with van der Waals surface area (Å²) in [6.45, 7) is 6.63. The van der Waals surface area contributed by atoms with Crippen molar-refractivity contribution in [1.82, 2.24) is 10.6 Å². The van der Waals surface area contributed by atoms with E-state index in [0.717, 1.165) is 31.2 Å². The monoisotopic (exact) mass is 305 g/mol. The van der Waals surface area contributed by atoms with Gasteiger partial charge in [-0.2, -0.15) is 0 Å². The van der Waals surface area contributed by atoms with Gasteiger partial charge in [-0.05, 0) is 42.8 Å². The number of hydrogen-bond donors (Lipinski definition) is 2. The molecule has 0 bridgehead atoms. The van der Waals surface area contributed by atoms with E-state index >= 15 is 0 Å². The first-order chi connectivity index (χ1) is 10.3. The van der Waals surface area contributed by atoms with Gasteiger partial charge in [0.25, 0.3) is 0 Å². The average molecular weight is 305 g/mol. The van der Waals surface area contributed by atoms with Crippen LogP contribution in [-0.2, 0) is 13.0 Å². The molecule has 1 atom stereocenters. The summed E-state index contributed by atoms with van der Waals surface area (Å²) in [7, 11) is 0. The lowest BCUT2D eigenvalue weighted by atomic mass is 10.1. The highest BCUT2D eigenvalue weighted by atomic mass is 32.1. The Morgan fingerprint density at radius 2 is 2.24 bits per heavy atom. The third kappa shape index (κ3) is 5.63. The third-order valence-electron chi connectivity index (χ3n) is 3.07. The highest BCUT2D eigenvalue weighted by Crippen LogP contribution is 2.13. The van der Waals surface area contributed by atoms with Crippen LogP contribution >= 0.6 is 11.3 Å². The fourth-order valence-corrected chi connectivity index (χ4v) is 2.89. The fourth-order valence-electron chi connectivity index (χ4n) is 2.02. The normalized spacial score (nSPS) is 13.1. The Bertz CT molecular complexity index is 520. The van der Waals surface area contributed by atoms with Crippen molar-refractivity contribution in [1.29, 1.82) is 0 Å². The minimum atomic E-state index is 0.557. The first-order valence-corrected chi connectivity index (χ1v) is 8.22. The number of nitrogens with one attached hydrogen (secondary N) is 2. The van der Waals surface area contributed by atoms with E-state index in [1.54, 1.807) is 6.26 Å². The van der Waals surface area contributed by atoms with E-state index in [1.807, 2.05) is 23.5 Å². The molecule has 2 heterocycles. The fraction of sp³-hybridized carbons (Fsp3) is 0.438. The molecule has 0 aliphatic heterocycles. The minimum absolute atomic E-state index is 0.557. The molecule has 0 spiro atoms. The Morgan fingerprint density at radius 3 is 2.90 bits per heavy atom. The van der Waals surface area contributed by atoms with Crippen LogP contribution in [0.2, 0.25) is 0 Å². The van der Waals surface area contributed by atoms with Crippen molar-refractivity contribution in [2.24, 2.45) is 10.9 Å². The smallest absolute Gasteiger partial charge is 0.191 e. The van der Waals surface area contributed by atoms with Crippen molar-refractivity contribution in [2.45, 2.75) is 26.8 Å². The van der Waals surface area contributed by atoms with Crippen LogP contribution < -0.4 is 10.6 Å². The van der Waals surface area contributed by atoms with E-state index in [-0.39, 0.29) is 0 Å². The second-order valence-corrected chi connectivity index (χ2v) is 6.08. The molecule has 21 heavy (non-hydrogen) atoms. The topological polar surface area (TPSA) is 49.6 Å². The second kappa shape index (κ2) is 8.52. The Hall–Kier alpha value is -1.75. The van der Waals surface area contributed by atoms with E-state index in [4.69, 9.17) is 4.42 Å². The molecule has 0 saturated carbocycles. The summed E-state index contributed by atoms with van der Waals surface area (Å²) >= 11 is 1.82. The summed E-state index contributed by atoms with van der Waals surface area (Å²) in [6.07, 6.45) is 2.77. The van der Waals surface area contributed by atoms with Crippen LogP contribution in [0.25, 0.3) is 0 Å². The van der Waals surface area contributed by atoms with Gasteiger partial charge in [-0.1, -0.05) is 13.0 Å². The van der Waals surface area contributed by atoms with E-state index in [9.17, 15) is 0 Å². The lowest BCUT2D eigenvalue weighted by Gasteiger charge is -2.15. The quantitative estimate of drug-likeness (QED) is 0.610. The number of rotatable bonds is 7. The molecule has 114 valence electrons. The molecule has 0 aliphatic carbocycles. The van der Waals surface area contributed by atoms with Crippen LogP contribution in [-0.4, -0.2) is 19.0 Å². The average Bonchev–Trinajstić information content (AvgIpc) is 3.15. The van der Waals surface area contributed by atoms with Crippen LogP contribution in [0.3, 0.4) is 0 Å². The highest BCUT2D eigenvalue weighted by molar-refractivity contribution is 7.09. The molecule has 0 radical (unpaired) electrons. The van der Waals surface area contributed by atoms with E-state index in [2.05, 4.69) is 47.0 Å². The summed E-state index contributed by atoms with van der Waals surface area (Å²) in [5, 5.41) is 8.79. The maximum absolute atomic E-state index is 5.30. The lowest BCUT2D eigenvalue weighted by Crippen LogP contribution is -2.39. The third-order valence-corrected chi connectivity index (χ3v) is 3.96. The molecule has 5 heteroatoms. The Kier molecular flexibility index (Phi) is 6.34. The molecule has 0 fully saturated rings. The van der Waals surface area contributed by atoms with Gasteiger partial charge < -0.3 is 15.1 Å². The van der Waals surface area contributed by atoms with Crippen molar-refractivity contribution in [2.75, 3.05) is 13.1 Å². The first-order valence-electron chi connectivity index (χ1n) is 7.35. The maximum Gasteiger partial charge on any atom is 0.191 e. The van der Waals surface area contributed by atoms with Gasteiger partial charge in [0.15, 0.2) is 5.96 Å². The largest absolute Gasteiger partial charge is 0.467 e. The predicted molar refractivity (Wildman–Crippen MR) is 88.7 cm³/mol. The van der Waals surface area contributed by atoms with Gasteiger partial charge in [0.05, 0.1) is 6.26 Å². The number of nitrogens with zero attached hydrogens (tertiary/aromatic N) is 1. The number of guanidine groups is 1. The van der Waals surface area contributed by atoms with Gasteiger partial charge >= 0.3 is 0 Å². The molecule has 2 N–H and O–H groups in total. The van der Waals surface area contributed by atoms with Crippen LogP contribution in [0.4, 0.5) is 0 Å². The van der Waals surface area contributed by atoms with Gasteiger partial charge in [0, 0.05) is 18.0 Å². The molecule has 2 rings (SSSR count). The van der Waals surface area contributed by atoms with Crippen LogP contribution in [0.5, 0.6) is 0 Å². The van der Waals surface area contributed by atoms with Gasteiger partial charge in [0.1, 0.15) is 12.3 Å². The van der Waals surface area contributed by atoms with E-state index in [0.29, 0.717) is 12.5 Å². The molecule has 0 aliphatic rings. The zero-order valence-electron chi connectivity index (χ0n) is 12.6. The Morgan fingerprint density at radius 1 is 1.33 bits per heavy atom. The number of furan rings is 1. The summed E-state index contributed by atoms with van der Waals surface area (Å²) in [5.41, 5.74) is 0. The van der Waals surface area contributed by atoms with Crippen LogP contribution in [0.1, 0.15) is 24.5 Å². The lowest BCUT2D eigenvalue weighted by molar-refractivity contribution is 0.511. The standard InChI is InChI=1S/C16H23N3OS/c1-3-17-16(19-12-14-6-4-8-20-14)18-11-13(2)10-15-7-5-9-21-15/h4-9,13H,3,10-12H2,1-2H3,(H2,17,18,19). The molecule has 0 amide bonds. The summed E-state index contributed by atoms with van der Waals surface area (Å²) < 4.78 is 5.30. The molecular weight excluding hydrogens is 282 g/mol. The zero-order chi connectivity index (χ0) is 14.9.